The molecule has 21 heavy (non-hydrogen) atoms. The van der Waals surface area contributed by atoms with Crippen LogP contribution in [0.5, 0.6) is 0 Å². The molecule has 3 N–H and O–H groups in total. The minimum absolute atomic E-state index is 0.00225. The molecule has 2 rings (SSSR count). The quantitative estimate of drug-likeness (QED) is 0.912. The maximum absolute atomic E-state index is 13.7. The van der Waals surface area contributed by atoms with Gasteiger partial charge in [-0.2, -0.15) is 0 Å². The smallest absolute Gasteiger partial charge is 0.261 e. The van der Waals surface area contributed by atoms with E-state index in [4.69, 9.17) is 5.73 Å². The highest BCUT2D eigenvalue weighted by molar-refractivity contribution is 7.92. The van der Waals surface area contributed by atoms with Crippen molar-refractivity contribution in [1.82, 2.24) is 0 Å². The Balaban J connectivity index is 2.40. The summed E-state index contributed by atoms with van der Waals surface area (Å²) in [6, 6.07) is 9.52. The second-order valence-electron chi connectivity index (χ2n) is 4.89. The topological polar surface area (TPSA) is 72.2 Å². The normalized spacial score (nSPS) is 11.4. The third kappa shape index (κ3) is 3.40. The molecular formula is C15H17FN2O2S. The van der Waals surface area contributed by atoms with Gasteiger partial charge in [-0.25, -0.2) is 12.8 Å². The first kappa shape index (κ1) is 15.5. The van der Waals surface area contributed by atoms with E-state index < -0.39 is 15.8 Å². The van der Waals surface area contributed by atoms with Gasteiger partial charge in [0.2, 0.25) is 0 Å². The minimum Gasteiger partial charge on any atom is -0.326 e. The number of benzene rings is 2. The minimum atomic E-state index is -3.77. The summed E-state index contributed by atoms with van der Waals surface area (Å²) in [7, 11) is -3.77. The molecule has 2 aromatic rings. The molecule has 0 aromatic heterocycles. The lowest BCUT2D eigenvalue weighted by atomic mass is 10.1. The van der Waals surface area contributed by atoms with E-state index in [-0.39, 0.29) is 22.6 Å². The predicted molar refractivity (Wildman–Crippen MR) is 81.0 cm³/mol. The highest BCUT2D eigenvalue weighted by Gasteiger charge is 2.18. The zero-order chi connectivity index (χ0) is 15.6. The van der Waals surface area contributed by atoms with Crippen LogP contribution in [0, 0.1) is 19.7 Å². The van der Waals surface area contributed by atoms with E-state index in [1.165, 1.54) is 19.1 Å². The van der Waals surface area contributed by atoms with Gasteiger partial charge in [-0.15, -0.1) is 0 Å². The van der Waals surface area contributed by atoms with Crippen molar-refractivity contribution in [2.75, 3.05) is 4.72 Å². The van der Waals surface area contributed by atoms with Gasteiger partial charge >= 0.3 is 0 Å². The third-order valence-electron chi connectivity index (χ3n) is 3.14. The summed E-state index contributed by atoms with van der Waals surface area (Å²) in [5.41, 5.74) is 7.36. The van der Waals surface area contributed by atoms with Gasteiger partial charge in [0.25, 0.3) is 10.0 Å². The van der Waals surface area contributed by atoms with Gasteiger partial charge in [0.05, 0.1) is 4.90 Å². The number of nitrogens with two attached hydrogens (primary N) is 1. The number of rotatable bonds is 4. The van der Waals surface area contributed by atoms with Crippen LogP contribution in [0.4, 0.5) is 10.1 Å². The first-order valence-corrected chi connectivity index (χ1v) is 7.90. The number of hydrogen-bond acceptors (Lipinski definition) is 3. The van der Waals surface area contributed by atoms with Crippen LogP contribution < -0.4 is 10.5 Å². The molecule has 112 valence electrons. The lowest BCUT2D eigenvalue weighted by Gasteiger charge is -2.11. The summed E-state index contributed by atoms with van der Waals surface area (Å²) in [4.78, 5) is 0.00225. The standard InChI is InChI=1S/C15H17FN2O2S/c1-10-3-5-13(6-4-10)18-21(19,20)14-7-11(2)15(16)12(8-14)9-17/h3-8,18H,9,17H2,1-2H3. The molecule has 4 nitrogen and oxygen atoms in total. The zero-order valence-electron chi connectivity index (χ0n) is 11.9. The van der Waals surface area contributed by atoms with Crippen molar-refractivity contribution in [3.63, 3.8) is 0 Å². The molecule has 0 aliphatic carbocycles. The number of aryl methyl sites for hydroxylation is 2. The lowest BCUT2D eigenvalue weighted by Crippen LogP contribution is -2.14. The Morgan fingerprint density at radius 2 is 1.76 bits per heavy atom. The average Bonchev–Trinajstić information content (AvgIpc) is 2.44. The molecule has 0 heterocycles. The van der Waals surface area contributed by atoms with Gasteiger partial charge in [-0.05, 0) is 43.7 Å². The van der Waals surface area contributed by atoms with E-state index in [0.29, 0.717) is 5.69 Å². The number of nitrogens with one attached hydrogen (secondary N) is 1. The molecule has 0 unspecified atom stereocenters. The van der Waals surface area contributed by atoms with E-state index >= 15 is 0 Å². The van der Waals surface area contributed by atoms with E-state index in [2.05, 4.69) is 4.72 Å². The molecular weight excluding hydrogens is 291 g/mol. The molecule has 0 aliphatic rings. The van der Waals surface area contributed by atoms with Crippen LogP contribution in [-0.2, 0) is 16.6 Å². The maximum atomic E-state index is 13.7. The molecule has 0 amide bonds. The first-order chi connectivity index (χ1) is 9.83. The summed E-state index contributed by atoms with van der Waals surface area (Å²) >= 11 is 0. The number of halogens is 1. The van der Waals surface area contributed by atoms with Gasteiger partial charge in [-0.3, -0.25) is 4.72 Å². The van der Waals surface area contributed by atoms with Crippen LogP contribution >= 0.6 is 0 Å². The highest BCUT2D eigenvalue weighted by atomic mass is 32.2. The molecule has 0 bridgehead atoms. The predicted octanol–water partition coefficient (Wildman–Crippen LogP) is 2.70. The Bertz CT molecular complexity index is 756. The maximum Gasteiger partial charge on any atom is 0.261 e. The molecule has 0 saturated heterocycles. The van der Waals surface area contributed by atoms with Crippen molar-refractivity contribution in [3.8, 4) is 0 Å². The van der Waals surface area contributed by atoms with Gasteiger partial charge in [0.15, 0.2) is 0 Å². The summed E-state index contributed by atoms with van der Waals surface area (Å²) in [5, 5.41) is 0. The number of sulfonamides is 1. The largest absolute Gasteiger partial charge is 0.326 e. The fourth-order valence-corrected chi connectivity index (χ4v) is 3.14. The van der Waals surface area contributed by atoms with Crippen LogP contribution in [0.3, 0.4) is 0 Å². The lowest BCUT2D eigenvalue weighted by molar-refractivity contribution is 0.592. The molecule has 0 saturated carbocycles. The number of hydrogen-bond donors (Lipinski definition) is 2. The van der Waals surface area contributed by atoms with Crippen molar-refractivity contribution in [2.24, 2.45) is 5.73 Å². The Hall–Kier alpha value is -1.92. The van der Waals surface area contributed by atoms with Gasteiger partial charge in [0, 0.05) is 17.8 Å². The van der Waals surface area contributed by atoms with E-state index in [1.807, 2.05) is 6.92 Å². The van der Waals surface area contributed by atoms with Crippen molar-refractivity contribution in [1.29, 1.82) is 0 Å². The third-order valence-corrected chi connectivity index (χ3v) is 4.50. The average molecular weight is 308 g/mol. The van der Waals surface area contributed by atoms with Crippen molar-refractivity contribution < 1.29 is 12.8 Å². The fraction of sp³-hybridized carbons (Fsp3) is 0.200. The Labute approximate surface area is 123 Å². The fourth-order valence-electron chi connectivity index (χ4n) is 1.95. The second kappa shape index (κ2) is 5.83. The molecule has 0 spiro atoms. The van der Waals surface area contributed by atoms with Crippen LogP contribution in [-0.4, -0.2) is 8.42 Å². The van der Waals surface area contributed by atoms with Crippen LogP contribution in [0.25, 0.3) is 0 Å². The van der Waals surface area contributed by atoms with E-state index in [0.717, 1.165) is 5.56 Å². The van der Waals surface area contributed by atoms with Crippen LogP contribution in [0.2, 0.25) is 0 Å². The summed E-state index contributed by atoms with van der Waals surface area (Å²) in [5.74, 6) is -0.466. The zero-order valence-corrected chi connectivity index (χ0v) is 12.7. The van der Waals surface area contributed by atoms with E-state index in [1.54, 1.807) is 24.3 Å². The molecule has 0 atom stereocenters. The highest BCUT2D eigenvalue weighted by Crippen LogP contribution is 2.21. The van der Waals surface area contributed by atoms with Gasteiger partial charge in [-0.1, -0.05) is 17.7 Å². The van der Waals surface area contributed by atoms with E-state index in [9.17, 15) is 12.8 Å². The van der Waals surface area contributed by atoms with Crippen molar-refractivity contribution in [2.45, 2.75) is 25.3 Å². The van der Waals surface area contributed by atoms with Crippen LogP contribution in [0.1, 0.15) is 16.7 Å². The molecule has 6 heteroatoms. The van der Waals surface area contributed by atoms with Crippen molar-refractivity contribution in [3.05, 3.63) is 58.9 Å². The Morgan fingerprint density at radius 1 is 1.14 bits per heavy atom. The molecule has 0 aliphatic heterocycles. The molecule has 0 radical (unpaired) electrons. The summed E-state index contributed by atoms with van der Waals surface area (Å²) in [6.07, 6.45) is 0. The summed E-state index contributed by atoms with van der Waals surface area (Å²) < 4.78 is 40.9. The van der Waals surface area contributed by atoms with Gasteiger partial charge in [0.1, 0.15) is 5.82 Å². The Kier molecular flexibility index (Phi) is 4.29. The Morgan fingerprint density at radius 3 is 2.33 bits per heavy atom. The molecule has 2 aromatic carbocycles. The SMILES string of the molecule is Cc1ccc(NS(=O)(=O)c2cc(C)c(F)c(CN)c2)cc1. The summed E-state index contributed by atoms with van der Waals surface area (Å²) in [6.45, 7) is 3.37. The van der Waals surface area contributed by atoms with Crippen molar-refractivity contribution >= 4 is 15.7 Å². The monoisotopic (exact) mass is 308 g/mol. The number of anilines is 1. The van der Waals surface area contributed by atoms with Gasteiger partial charge < -0.3 is 5.73 Å². The molecule has 0 fully saturated rings. The van der Waals surface area contributed by atoms with Crippen LogP contribution in [0.15, 0.2) is 41.3 Å². The second-order valence-corrected chi connectivity index (χ2v) is 6.57. The first-order valence-electron chi connectivity index (χ1n) is 6.42.